The first-order valence-corrected chi connectivity index (χ1v) is 10.4. The minimum Gasteiger partial charge on any atom is -0.348 e. The van der Waals surface area contributed by atoms with Crippen molar-refractivity contribution in [1.29, 1.82) is 0 Å². The van der Waals surface area contributed by atoms with E-state index in [1.165, 1.54) is 22.3 Å². The molecule has 1 aromatic rings. The SMILES string of the molecule is CC(C)C(Sc1ccc(S(=O)(=O)N2CCCC2)cn1)C(=O)N(C)C. The number of nitrogens with zero attached hydrogens (tertiary/aromatic N) is 3. The first-order chi connectivity index (χ1) is 11.2. The summed E-state index contributed by atoms with van der Waals surface area (Å²) in [6.45, 7) is 5.13. The third kappa shape index (κ3) is 4.29. The fraction of sp³-hybridized carbons (Fsp3) is 0.625. The quantitative estimate of drug-likeness (QED) is 0.716. The lowest BCUT2D eigenvalue weighted by atomic mass is 10.1. The molecule has 1 unspecified atom stereocenters. The van der Waals surface area contributed by atoms with Crippen molar-refractivity contribution in [2.75, 3.05) is 27.2 Å². The van der Waals surface area contributed by atoms with E-state index < -0.39 is 10.0 Å². The molecular formula is C16H25N3O3S2. The predicted octanol–water partition coefficient (Wildman–Crippen LogP) is 2.07. The van der Waals surface area contributed by atoms with E-state index in [-0.39, 0.29) is 22.0 Å². The minimum atomic E-state index is -3.44. The summed E-state index contributed by atoms with van der Waals surface area (Å²) in [5.41, 5.74) is 0. The Balaban J connectivity index is 2.15. The minimum absolute atomic E-state index is 0.0329. The van der Waals surface area contributed by atoms with Crippen LogP contribution in [0.5, 0.6) is 0 Å². The molecule has 1 amide bonds. The number of carbonyl (C=O) groups excluding carboxylic acids is 1. The van der Waals surface area contributed by atoms with Gasteiger partial charge in [-0.25, -0.2) is 13.4 Å². The Labute approximate surface area is 148 Å². The van der Waals surface area contributed by atoms with Gasteiger partial charge in [0.1, 0.15) is 4.90 Å². The van der Waals surface area contributed by atoms with Gasteiger partial charge in [-0.1, -0.05) is 25.6 Å². The summed E-state index contributed by atoms with van der Waals surface area (Å²) in [6.07, 6.45) is 3.21. The topological polar surface area (TPSA) is 70.6 Å². The van der Waals surface area contributed by atoms with Gasteiger partial charge in [-0.05, 0) is 30.9 Å². The molecule has 1 aliphatic heterocycles. The lowest BCUT2D eigenvalue weighted by Crippen LogP contribution is -2.34. The number of carbonyl (C=O) groups is 1. The van der Waals surface area contributed by atoms with E-state index in [0.717, 1.165) is 12.8 Å². The Morgan fingerprint density at radius 1 is 1.25 bits per heavy atom. The molecule has 0 bridgehead atoms. The highest BCUT2D eigenvalue weighted by Crippen LogP contribution is 2.29. The molecule has 0 saturated carbocycles. The van der Waals surface area contributed by atoms with Crippen LogP contribution < -0.4 is 0 Å². The predicted molar refractivity (Wildman–Crippen MR) is 95.4 cm³/mol. The zero-order chi connectivity index (χ0) is 17.9. The van der Waals surface area contributed by atoms with E-state index in [1.807, 2.05) is 13.8 Å². The number of rotatable bonds is 6. The van der Waals surface area contributed by atoms with Crippen molar-refractivity contribution in [2.45, 2.75) is 41.9 Å². The average molecular weight is 372 g/mol. The smallest absolute Gasteiger partial charge is 0.244 e. The number of pyridine rings is 1. The van der Waals surface area contributed by atoms with Crippen LogP contribution in [0.2, 0.25) is 0 Å². The van der Waals surface area contributed by atoms with Crippen LogP contribution in [0.25, 0.3) is 0 Å². The first kappa shape index (κ1) is 19.2. The number of aromatic nitrogens is 1. The molecule has 1 saturated heterocycles. The van der Waals surface area contributed by atoms with E-state index in [4.69, 9.17) is 0 Å². The Kier molecular flexibility index (Phi) is 6.28. The fourth-order valence-corrected chi connectivity index (χ4v) is 5.09. The van der Waals surface area contributed by atoms with Crippen LogP contribution in [0.1, 0.15) is 26.7 Å². The second-order valence-electron chi connectivity index (χ2n) is 6.46. The Bertz CT molecular complexity index is 666. The summed E-state index contributed by atoms with van der Waals surface area (Å²) in [4.78, 5) is 18.3. The van der Waals surface area contributed by atoms with Crippen LogP contribution in [0.3, 0.4) is 0 Å². The summed E-state index contributed by atoms with van der Waals surface area (Å²) < 4.78 is 26.5. The molecule has 0 aliphatic carbocycles. The summed E-state index contributed by atoms with van der Waals surface area (Å²) >= 11 is 1.37. The maximum absolute atomic E-state index is 12.5. The summed E-state index contributed by atoms with van der Waals surface area (Å²) in [7, 11) is 0.0235. The largest absolute Gasteiger partial charge is 0.348 e. The van der Waals surface area contributed by atoms with Gasteiger partial charge in [0.25, 0.3) is 0 Å². The molecule has 0 radical (unpaired) electrons. The summed E-state index contributed by atoms with van der Waals surface area (Å²) in [6, 6.07) is 3.27. The van der Waals surface area contributed by atoms with E-state index in [1.54, 1.807) is 31.1 Å². The van der Waals surface area contributed by atoms with Gasteiger partial charge >= 0.3 is 0 Å². The van der Waals surface area contributed by atoms with E-state index in [9.17, 15) is 13.2 Å². The first-order valence-electron chi connectivity index (χ1n) is 8.07. The van der Waals surface area contributed by atoms with Gasteiger partial charge in [-0.2, -0.15) is 4.31 Å². The standard InChI is InChI=1S/C16H25N3O3S2/c1-12(2)15(16(20)18(3)4)23-14-8-7-13(11-17-14)24(21,22)19-9-5-6-10-19/h7-8,11-12,15H,5-6,9-10H2,1-4H3. The molecule has 24 heavy (non-hydrogen) atoms. The van der Waals surface area contributed by atoms with Gasteiger partial charge in [0.05, 0.1) is 10.3 Å². The number of hydrogen-bond donors (Lipinski definition) is 0. The van der Waals surface area contributed by atoms with Gasteiger partial charge in [-0.15, -0.1) is 0 Å². The Morgan fingerprint density at radius 2 is 1.88 bits per heavy atom. The van der Waals surface area contributed by atoms with Crippen LogP contribution in [-0.2, 0) is 14.8 Å². The van der Waals surface area contributed by atoms with Crippen LogP contribution >= 0.6 is 11.8 Å². The lowest BCUT2D eigenvalue weighted by Gasteiger charge is -2.22. The lowest BCUT2D eigenvalue weighted by molar-refractivity contribution is -0.128. The zero-order valence-corrected chi connectivity index (χ0v) is 16.2. The van der Waals surface area contributed by atoms with Crippen LogP contribution in [0.15, 0.2) is 28.3 Å². The van der Waals surface area contributed by atoms with Crippen molar-refractivity contribution in [3.8, 4) is 0 Å². The molecule has 0 N–H and O–H groups in total. The van der Waals surface area contributed by atoms with Gasteiger partial charge in [0.2, 0.25) is 15.9 Å². The van der Waals surface area contributed by atoms with Gasteiger partial charge in [-0.3, -0.25) is 4.79 Å². The fourth-order valence-electron chi connectivity index (χ4n) is 2.52. The molecule has 8 heteroatoms. The van der Waals surface area contributed by atoms with Crippen molar-refractivity contribution >= 4 is 27.7 Å². The molecule has 1 aliphatic rings. The number of sulfonamides is 1. The maximum Gasteiger partial charge on any atom is 0.244 e. The molecule has 2 rings (SSSR count). The van der Waals surface area contributed by atoms with E-state index in [2.05, 4.69) is 4.98 Å². The molecule has 1 fully saturated rings. The van der Waals surface area contributed by atoms with Gasteiger partial charge in [0, 0.05) is 33.4 Å². The third-order valence-electron chi connectivity index (χ3n) is 3.95. The monoisotopic (exact) mass is 371 g/mol. The zero-order valence-electron chi connectivity index (χ0n) is 14.6. The number of thioether (sulfide) groups is 1. The molecule has 134 valence electrons. The summed E-state index contributed by atoms with van der Waals surface area (Å²) in [5, 5.41) is 0.415. The van der Waals surface area contributed by atoms with Gasteiger partial charge in [0.15, 0.2) is 0 Å². The maximum atomic E-state index is 12.5. The van der Waals surface area contributed by atoms with Crippen molar-refractivity contribution < 1.29 is 13.2 Å². The van der Waals surface area contributed by atoms with Crippen molar-refractivity contribution in [1.82, 2.24) is 14.2 Å². The highest BCUT2D eigenvalue weighted by Gasteiger charge is 2.28. The highest BCUT2D eigenvalue weighted by atomic mass is 32.2. The normalized spacial score (nSPS) is 17.2. The van der Waals surface area contributed by atoms with Crippen LogP contribution in [0.4, 0.5) is 0 Å². The number of hydrogen-bond acceptors (Lipinski definition) is 5. The average Bonchev–Trinajstić information content (AvgIpc) is 3.07. The Hall–Kier alpha value is -1.12. The van der Waals surface area contributed by atoms with Crippen molar-refractivity contribution in [2.24, 2.45) is 5.92 Å². The van der Waals surface area contributed by atoms with Gasteiger partial charge < -0.3 is 4.90 Å². The van der Waals surface area contributed by atoms with E-state index >= 15 is 0 Å². The van der Waals surface area contributed by atoms with Crippen molar-refractivity contribution in [3.63, 3.8) is 0 Å². The van der Waals surface area contributed by atoms with Crippen molar-refractivity contribution in [3.05, 3.63) is 18.3 Å². The number of amides is 1. The molecule has 0 spiro atoms. The molecular weight excluding hydrogens is 346 g/mol. The highest BCUT2D eigenvalue weighted by molar-refractivity contribution is 8.00. The third-order valence-corrected chi connectivity index (χ3v) is 7.31. The van der Waals surface area contributed by atoms with Crippen LogP contribution in [0, 0.1) is 5.92 Å². The second kappa shape index (κ2) is 7.84. The molecule has 6 nitrogen and oxygen atoms in total. The Morgan fingerprint density at radius 3 is 2.33 bits per heavy atom. The molecule has 2 heterocycles. The molecule has 1 aromatic heterocycles. The molecule has 1 atom stereocenters. The second-order valence-corrected chi connectivity index (χ2v) is 9.56. The van der Waals surface area contributed by atoms with Crippen LogP contribution in [-0.4, -0.2) is 60.9 Å². The van der Waals surface area contributed by atoms with E-state index in [0.29, 0.717) is 18.1 Å². The molecule has 0 aromatic carbocycles. The summed E-state index contributed by atoms with van der Waals surface area (Å²) in [5.74, 6) is 0.185.